The maximum atomic E-state index is 11.7. The number of esters is 1. The molecular weight excluding hydrogens is 418 g/mol. The minimum atomic E-state index is -0.411. The van der Waals surface area contributed by atoms with Crippen molar-refractivity contribution in [3.63, 3.8) is 0 Å². The summed E-state index contributed by atoms with van der Waals surface area (Å²) in [5.74, 6) is 2.03. The van der Waals surface area contributed by atoms with Crippen molar-refractivity contribution < 1.29 is 19.0 Å². The second-order valence-electron chi connectivity index (χ2n) is 6.92. The highest BCUT2D eigenvalue weighted by Crippen LogP contribution is 2.28. The van der Waals surface area contributed by atoms with Crippen molar-refractivity contribution in [2.24, 2.45) is 7.05 Å². The van der Waals surface area contributed by atoms with Gasteiger partial charge in [0.05, 0.1) is 28.7 Å². The number of nitrogens with zero attached hydrogens (tertiary/aromatic N) is 3. The Bertz CT molecular complexity index is 1270. The van der Waals surface area contributed by atoms with Gasteiger partial charge < -0.3 is 18.8 Å². The minimum Gasteiger partial charge on any atom is -0.486 e. The first-order valence-corrected chi connectivity index (χ1v) is 9.89. The van der Waals surface area contributed by atoms with Crippen molar-refractivity contribution in [1.82, 2.24) is 14.5 Å². The second kappa shape index (κ2) is 8.65. The molecule has 158 valence electrons. The van der Waals surface area contributed by atoms with Gasteiger partial charge in [-0.15, -0.1) is 0 Å². The van der Waals surface area contributed by atoms with Crippen LogP contribution in [0.25, 0.3) is 11.0 Å². The predicted octanol–water partition coefficient (Wildman–Crippen LogP) is 5.09. The van der Waals surface area contributed by atoms with E-state index in [1.807, 2.05) is 36.7 Å². The molecule has 0 aliphatic heterocycles. The average Bonchev–Trinajstić information content (AvgIpc) is 3.09. The molecule has 0 aliphatic rings. The number of aromatic nitrogens is 3. The van der Waals surface area contributed by atoms with E-state index in [4.69, 9.17) is 25.8 Å². The van der Waals surface area contributed by atoms with Crippen molar-refractivity contribution in [2.45, 2.75) is 13.5 Å². The molecule has 0 unspecified atom stereocenters. The predicted molar refractivity (Wildman–Crippen MR) is 117 cm³/mol. The van der Waals surface area contributed by atoms with Crippen LogP contribution < -0.4 is 9.47 Å². The summed E-state index contributed by atoms with van der Waals surface area (Å²) in [5, 5.41) is 0.564. The molecule has 31 heavy (non-hydrogen) atoms. The Labute approximate surface area is 184 Å². The van der Waals surface area contributed by atoms with Gasteiger partial charge in [0.1, 0.15) is 23.9 Å². The van der Waals surface area contributed by atoms with Gasteiger partial charge >= 0.3 is 5.97 Å². The molecule has 0 aliphatic carbocycles. The quantitative estimate of drug-likeness (QED) is 0.391. The van der Waals surface area contributed by atoms with Crippen molar-refractivity contribution in [2.75, 3.05) is 7.11 Å². The third kappa shape index (κ3) is 4.46. The van der Waals surface area contributed by atoms with Crippen LogP contribution in [0.3, 0.4) is 0 Å². The van der Waals surface area contributed by atoms with E-state index in [0.717, 1.165) is 22.4 Å². The molecule has 2 aromatic heterocycles. The Kier molecular flexibility index (Phi) is 5.77. The molecule has 0 amide bonds. The monoisotopic (exact) mass is 437 g/mol. The first kappa shape index (κ1) is 20.7. The van der Waals surface area contributed by atoms with Crippen LogP contribution in [-0.2, 0) is 18.4 Å². The molecule has 7 nitrogen and oxygen atoms in total. The average molecular weight is 438 g/mol. The summed E-state index contributed by atoms with van der Waals surface area (Å²) in [6.07, 6.45) is 1.55. The molecule has 0 spiro atoms. The van der Waals surface area contributed by atoms with Gasteiger partial charge in [0.2, 0.25) is 5.88 Å². The first-order chi connectivity index (χ1) is 14.9. The molecule has 8 heteroatoms. The zero-order valence-electron chi connectivity index (χ0n) is 17.3. The van der Waals surface area contributed by atoms with Crippen molar-refractivity contribution in [3.8, 4) is 17.4 Å². The zero-order valence-corrected chi connectivity index (χ0v) is 18.0. The van der Waals surface area contributed by atoms with Gasteiger partial charge in [-0.05, 0) is 43.3 Å². The van der Waals surface area contributed by atoms with Crippen LogP contribution in [-0.4, -0.2) is 27.6 Å². The molecule has 0 atom stereocenters. The standard InChI is InChI=1S/C23H20ClN3O4/c1-14-9-16(24)12-25-22(14)31-18-7-8-19-20(11-18)27(2)21(26-19)13-30-17-6-4-5-15(10-17)23(28)29-3/h4-12H,13H2,1-3H3. The van der Waals surface area contributed by atoms with E-state index in [-0.39, 0.29) is 6.61 Å². The van der Waals surface area contributed by atoms with Gasteiger partial charge in [-0.1, -0.05) is 17.7 Å². The Morgan fingerprint density at radius 2 is 1.97 bits per heavy atom. The van der Waals surface area contributed by atoms with Crippen molar-refractivity contribution in [3.05, 3.63) is 76.7 Å². The van der Waals surface area contributed by atoms with E-state index in [2.05, 4.69) is 9.97 Å². The molecular formula is C23H20ClN3O4. The van der Waals surface area contributed by atoms with Gasteiger partial charge in [0.15, 0.2) is 0 Å². The third-order valence-corrected chi connectivity index (χ3v) is 4.99. The smallest absolute Gasteiger partial charge is 0.337 e. The van der Waals surface area contributed by atoms with Crippen molar-refractivity contribution in [1.29, 1.82) is 0 Å². The topological polar surface area (TPSA) is 75.5 Å². The fraction of sp³-hybridized carbons (Fsp3) is 0.174. The highest BCUT2D eigenvalue weighted by molar-refractivity contribution is 6.30. The largest absolute Gasteiger partial charge is 0.486 e. The van der Waals surface area contributed by atoms with Crippen LogP contribution in [0.15, 0.2) is 54.7 Å². The van der Waals surface area contributed by atoms with Gasteiger partial charge in [0.25, 0.3) is 0 Å². The lowest BCUT2D eigenvalue weighted by molar-refractivity contribution is 0.0600. The summed E-state index contributed by atoms with van der Waals surface area (Å²) >= 11 is 5.96. The van der Waals surface area contributed by atoms with Crippen LogP contribution in [0.4, 0.5) is 0 Å². The summed E-state index contributed by atoms with van der Waals surface area (Å²) in [5.41, 5.74) is 2.99. The highest BCUT2D eigenvalue weighted by atomic mass is 35.5. The summed E-state index contributed by atoms with van der Waals surface area (Å²) < 4.78 is 18.5. The number of methoxy groups -OCH3 is 1. The van der Waals surface area contributed by atoms with E-state index in [9.17, 15) is 4.79 Å². The number of hydrogen-bond acceptors (Lipinski definition) is 6. The Hall–Kier alpha value is -3.58. The number of aryl methyl sites for hydroxylation is 2. The molecule has 0 fully saturated rings. The summed E-state index contributed by atoms with van der Waals surface area (Å²) in [4.78, 5) is 20.6. The molecule has 2 heterocycles. The molecule has 0 bridgehead atoms. The van der Waals surface area contributed by atoms with Gasteiger partial charge in [-0.3, -0.25) is 0 Å². The van der Waals surface area contributed by atoms with Crippen LogP contribution >= 0.6 is 11.6 Å². The maximum absolute atomic E-state index is 11.7. The van der Waals surface area contributed by atoms with Gasteiger partial charge in [-0.2, -0.15) is 0 Å². The van der Waals surface area contributed by atoms with Crippen LogP contribution in [0.1, 0.15) is 21.7 Å². The van der Waals surface area contributed by atoms with E-state index >= 15 is 0 Å². The number of halogens is 1. The second-order valence-corrected chi connectivity index (χ2v) is 7.36. The van der Waals surface area contributed by atoms with E-state index < -0.39 is 5.97 Å². The van der Waals surface area contributed by atoms with Gasteiger partial charge in [0, 0.05) is 24.9 Å². The van der Waals surface area contributed by atoms with E-state index in [1.165, 1.54) is 7.11 Å². The van der Waals surface area contributed by atoms with Crippen LogP contribution in [0.5, 0.6) is 17.4 Å². The van der Waals surface area contributed by atoms with Crippen LogP contribution in [0, 0.1) is 6.92 Å². The normalized spacial score (nSPS) is 10.8. The maximum Gasteiger partial charge on any atom is 0.337 e. The fourth-order valence-corrected chi connectivity index (χ4v) is 3.35. The molecule has 0 saturated carbocycles. The summed E-state index contributed by atoms with van der Waals surface area (Å²) in [7, 11) is 3.26. The number of pyridine rings is 1. The SMILES string of the molecule is COC(=O)c1cccc(OCc2nc3ccc(Oc4ncc(Cl)cc4C)cc3n2C)c1. The minimum absolute atomic E-state index is 0.240. The molecule has 2 aromatic carbocycles. The third-order valence-electron chi connectivity index (χ3n) is 4.78. The fourth-order valence-electron chi connectivity index (χ4n) is 3.14. The zero-order chi connectivity index (χ0) is 22.0. The number of hydrogen-bond donors (Lipinski definition) is 0. The van der Waals surface area contributed by atoms with Crippen LogP contribution in [0.2, 0.25) is 5.02 Å². The first-order valence-electron chi connectivity index (χ1n) is 9.51. The number of ether oxygens (including phenoxy) is 3. The number of carbonyl (C=O) groups is 1. The number of carbonyl (C=O) groups excluding carboxylic acids is 1. The summed E-state index contributed by atoms with van der Waals surface area (Å²) in [6, 6.07) is 14.3. The Morgan fingerprint density at radius 1 is 1.13 bits per heavy atom. The van der Waals surface area contributed by atoms with Gasteiger partial charge in [-0.25, -0.2) is 14.8 Å². The molecule has 4 rings (SSSR count). The number of rotatable bonds is 6. The number of fused-ring (bicyclic) bond motifs is 1. The highest BCUT2D eigenvalue weighted by Gasteiger charge is 2.12. The lowest BCUT2D eigenvalue weighted by Gasteiger charge is -2.09. The molecule has 0 N–H and O–H groups in total. The molecule has 0 radical (unpaired) electrons. The Balaban J connectivity index is 1.53. The number of imidazole rings is 1. The lowest BCUT2D eigenvalue weighted by Crippen LogP contribution is -2.05. The Morgan fingerprint density at radius 3 is 2.74 bits per heavy atom. The van der Waals surface area contributed by atoms with E-state index in [0.29, 0.717) is 28.0 Å². The number of benzene rings is 2. The summed E-state index contributed by atoms with van der Waals surface area (Å²) in [6.45, 7) is 2.13. The molecule has 0 saturated heterocycles. The van der Waals surface area contributed by atoms with Crippen molar-refractivity contribution >= 4 is 28.6 Å². The molecule has 4 aromatic rings. The van der Waals surface area contributed by atoms with E-state index in [1.54, 1.807) is 36.5 Å². The lowest BCUT2D eigenvalue weighted by atomic mass is 10.2.